The fourth-order valence-corrected chi connectivity index (χ4v) is 3.68. The van der Waals surface area contributed by atoms with Gasteiger partial charge in [-0.05, 0) is 24.7 Å². The van der Waals surface area contributed by atoms with E-state index < -0.39 is 23.7 Å². The number of carbonyl (C=O) groups is 3. The van der Waals surface area contributed by atoms with E-state index in [1.54, 1.807) is 0 Å². The lowest BCUT2D eigenvalue weighted by atomic mass is 9.82. The summed E-state index contributed by atoms with van der Waals surface area (Å²) in [5, 5.41) is 9.32. The van der Waals surface area contributed by atoms with Crippen LogP contribution in [0.1, 0.15) is 51.9 Å². The van der Waals surface area contributed by atoms with E-state index in [4.69, 9.17) is 0 Å². The molecule has 0 aromatic rings. The number of carboxylic acid groups (broad SMARTS) is 1. The Morgan fingerprint density at radius 2 is 1.65 bits per heavy atom. The molecule has 23 heavy (non-hydrogen) atoms. The summed E-state index contributed by atoms with van der Waals surface area (Å²) in [6.45, 7) is 2.14. The minimum Gasteiger partial charge on any atom is -0.481 e. The van der Waals surface area contributed by atoms with Gasteiger partial charge in [-0.3, -0.25) is 25.2 Å². The zero-order chi connectivity index (χ0) is 16.8. The van der Waals surface area contributed by atoms with Gasteiger partial charge in [-0.1, -0.05) is 44.8 Å². The third-order valence-corrected chi connectivity index (χ3v) is 4.88. The normalized spacial score (nSPS) is 27.9. The second-order valence-corrected chi connectivity index (χ2v) is 6.54. The number of amides is 2. The number of hydrogen-bond acceptors (Lipinski definition) is 3. The fraction of sp³-hybridized carbons (Fsp3) is 0.706. The van der Waals surface area contributed by atoms with E-state index in [-0.39, 0.29) is 17.7 Å². The largest absolute Gasteiger partial charge is 0.481 e. The molecule has 0 saturated heterocycles. The van der Waals surface area contributed by atoms with Gasteiger partial charge in [0.25, 0.3) is 0 Å². The predicted octanol–water partition coefficient (Wildman–Crippen LogP) is 2.02. The van der Waals surface area contributed by atoms with E-state index in [1.165, 1.54) is 6.42 Å². The average Bonchev–Trinajstić information content (AvgIpc) is 3.13. The Hall–Kier alpha value is -1.85. The van der Waals surface area contributed by atoms with E-state index >= 15 is 0 Å². The van der Waals surface area contributed by atoms with Gasteiger partial charge in [-0.2, -0.15) is 0 Å². The summed E-state index contributed by atoms with van der Waals surface area (Å²) in [5.41, 5.74) is 4.82. The first-order chi connectivity index (χ1) is 11.0. The predicted molar refractivity (Wildman–Crippen MR) is 85.0 cm³/mol. The first-order valence-electron chi connectivity index (χ1n) is 8.54. The van der Waals surface area contributed by atoms with E-state index in [9.17, 15) is 19.5 Å². The molecule has 0 aromatic carbocycles. The van der Waals surface area contributed by atoms with Crippen molar-refractivity contribution in [2.75, 3.05) is 0 Å². The Labute approximate surface area is 136 Å². The van der Waals surface area contributed by atoms with E-state index in [0.29, 0.717) is 12.8 Å². The summed E-state index contributed by atoms with van der Waals surface area (Å²) < 4.78 is 0. The molecule has 1 saturated carbocycles. The lowest BCUT2D eigenvalue weighted by Gasteiger charge is -2.23. The first kappa shape index (κ1) is 17.5. The molecule has 3 N–H and O–H groups in total. The van der Waals surface area contributed by atoms with Gasteiger partial charge in [0.15, 0.2) is 0 Å². The Morgan fingerprint density at radius 3 is 2.30 bits per heavy atom. The summed E-state index contributed by atoms with van der Waals surface area (Å²) in [7, 11) is 0. The summed E-state index contributed by atoms with van der Waals surface area (Å²) in [6.07, 6.45) is 10.2. The third kappa shape index (κ3) is 4.33. The molecule has 2 aliphatic carbocycles. The number of aliphatic carboxylic acids is 1. The summed E-state index contributed by atoms with van der Waals surface area (Å²) in [4.78, 5) is 35.3. The molecule has 0 spiro atoms. The number of carbonyl (C=O) groups excluding carboxylic acids is 2. The van der Waals surface area contributed by atoms with Gasteiger partial charge in [0.05, 0.1) is 11.8 Å². The number of unbranched alkanes of at least 4 members (excludes halogenated alkanes) is 4. The molecule has 1 fully saturated rings. The molecule has 0 aliphatic heterocycles. The quantitative estimate of drug-likeness (QED) is 0.362. The van der Waals surface area contributed by atoms with E-state index in [2.05, 4.69) is 17.8 Å². The molecule has 128 valence electrons. The van der Waals surface area contributed by atoms with Gasteiger partial charge < -0.3 is 5.11 Å². The van der Waals surface area contributed by atoms with Crippen LogP contribution in [0, 0.1) is 23.7 Å². The summed E-state index contributed by atoms with van der Waals surface area (Å²) in [6, 6.07) is 0. The van der Waals surface area contributed by atoms with Crippen molar-refractivity contribution in [2.24, 2.45) is 23.7 Å². The van der Waals surface area contributed by atoms with Crippen LogP contribution in [-0.2, 0) is 14.4 Å². The van der Waals surface area contributed by atoms with Crippen LogP contribution in [0.5, 0.6) is 0 Å². The topological polar surface area (TPSA) is 95.5 Å². The van der Waals surface area contributed by atoms with Crippen molar-refractivity contribution in [3.8, 4) is 0 Å². The van der Waals surface area contributed by atoms with Crippen LogP contribution in [0.3, 0.4) is 0 Å². The molecule has 2 bridgehead atoms. The van der Waals surface area contributed by atoms with Crippen molar-refractivity contribution < 1.29 is 19.5 Å². The Balaban J connectivity index is 1.73. The van der Waals surface area contributed by atoms with Gasteiger partial charge in [-0.15, -0.1) is 0 Å². The Morgan fingerprint density at radius 1 is 1.00 bits per heavy atom. The molecule has 2 amide bonds. The number of nitrogens with one attached hydrogen (secondary N) is 2. The van der Waals surface area contributed by atoms with Gasteiger partial charge >= 0.3 is 5.97 Å². The molecular weight excluding hydrogens is 296 g/mol. The van der Waals surface area contributed by atoms with Crippen molar-refractivity contribution in [3.63, 3.8) is 0 Å². The molecule has 0 unspecified atom stereocenters. The second kappa shape index (κ2) is 8.13. The number of carboxylic acids is 1. The zero-order valence-corrected chi connectivity index (χ0v) is 13.6. The maximum atomic E-state index is 12.2. The van der Waals surface area contributed by atoms with Crippen LogP contribution in [0.25, 0.3) is 0 Å². The van der Waals surface area contributed by atoms with Gasteiger partial charge in [0, 0.05) is 6.42 Å². The van der Waals surface area contributed by atoms with Crippen molar-refractivity contribution in [3.05, 3.63) is 12.2 Å². The summed E-state index contributed by atoms with van der Waals surface area (Å²) >= 11 is 0. The van der Waals surface area contributed by atoms with Gasteiger partial charge in [0.1, 0.15) is 0 Å². The maximum absolute atomic E-state index is 12.2. The highest BCUT2D eigenvalue weighted by atomic mass is 16.4. The molecular formula is C17H26N2O4. The smallest absolute Gasteiger partial charge is 0.307 e. The average molecular weight is 322 g/mol. The standard InChI is InChI=1S/C17H26N2O4/c1-2-3-4-5-6-7-13(20)18-19-16(21)14-11-8-9-12(10-11)15(14)17(22)23/h8-9,11-12,14-15H,2-7,10H2,1H3,(H,18,20)(H,19,21)(H,22,23)/t11-,12+,14-,15+/m1/s1. The van der Waals surface area contributed by atoms with Crippen LogP contribution in [-0.4, -0.2) is 22.9 Å². The number of rotatable bonds is 8. The molecule has 2 rings (SSSR count). The van der Waals surface area contributed by atoms with Crippen molar-refractivity contribution in [1.29, 1.82) is 0 Å². The van der Waals surface area contributed by atoms with Crippen molar-refractivity contribution in [2.45, 2.75) is 51.9 Å². The van der Waals surface area contributed by atoms with Crippen LogP contribution in [0.4, 0.5) is 0 Å². The van der Waals surface area contributed by atoms with Crippen molar-refractivity contribution >= 4 is 17.8 Å². The Bertz CT molecular complexity index is 489. The monoisotopic (exact) mass is 322 g/mol. The third-order valence-electron chi connectivity index (χ3n) is 4.88. The Kier molecular flexibility index (Phi) is 6.19. The second-order valence-electron chi connectivity index (χ2n) is 6.54. The number of hydrogen-bond donors (Lipinski definition) is 3. The highest BCUT2D eigenvalue weighted by Crippen LogP contribution is 2.48. The SMILES string of the molecule is CCCCCCCC(=O)NNC(=O)[C@H]1[C@@H](C(=O)O)[C@H]2C=C[C@@H]1C2. The molecule has 0 radical (unpaired) electrons. The molecule has 2 aliphatic rings. The molecule has 0 heterocycles. The zero-order valence-electron chi connectivity index (χ0n) is 13.6. The summed E-state index contributed by atoms with van der Waals surface area (Å²) in [5.74, 6) is -2.93. The minimum atomic E-state index is -0.941. The molecule has 4 atom stereocenters. The molecule has 6 heteroatoms. The number of fused-ring (bicyclic) bond motifs is 2. The van der Waals surface area contributed by atoms with Crippen molar-refractivity contribution in [1.82, 2.24) is 10.9 Å². The van der Waals surface area contributed by atoms with E-state index in [1.807, 2.05) is 12.2 Å². The molecule has 6 nitrogen and oxygen atoms in total. The van der Waals surface area contributed by atoms with Gasteiger partial charge in [-0.25, -0.2) is 0 Å². The number of hydrazine groups is 1. The highest BCUT2D eigenvalue weighted by Gasteiger charge is 2.51. The molecule has 0 aromatic heterocycles. The minimum absolute atomic E-state index is 0.0351. The first-order valence-corrected chi connectivity index (χ1v) is 8.54. The fourth-order valence-electron chi connectivity index (χ4n) is 3.68. The van der Waals surface area contributed by atoms with Crippen LogP contribution in [0.15, 0.2) is 12.2 Å². The van der Waals surface area contributed by atoms with Crippen LogP contribution >= 0.6 is 0 Å². The van der Waals surface area contributed by atoms with Crippen LogP contribution < -0.4 is 10.9 Å². The van der Waals surface area contributed by atoms with Crippen LogP contribution in [0.2, 0.25) is 0 Å². The lowest BCUT2D eigenvalue weighted by Crippen LogP contribution is -2.48. The number of allylic oxidation sites excluding steroid dienone is 2. The maximum Gasteiger partial charge on any atom is 0.307 e. The van der Waals surface area contributed by atoms with Gasteiger partial charge in [0.2, 0.25) is 11.8 Å². The van der Waals surface area contributed by atoms with E-state index in [0.717, 1.165) is 25.7 Å². The lowest BCUT2D eigenvalue weighted by molar-refractivity contribution is -0.148. The highest BCUT2D eigenvalue weighted by molar-refractivity contribution is 5.88.